The SMILES string of the molecule is Cc1cnc(C(=O)Nc2nc3c(C(F)(F)F)cccc3s2)cn1. The zero-order valence-corrected chi connectivity index (χ0v) is 12.5. The number of hydrogen-bond donors (Lipinski definition) is 1. The number of amides is 1. The number of alkyl halides is 3. The van der Waals surface area contributed by atoms with Crippen molar-refractivity contribution in [3.05, 3.63) is 47.5 Å². The maximum atomic E-state index is 13.0. The number of hydrogen-bond acceptors (Lipinski definition) is 5. The van der Waals surface area contributed by atoms with Gasteiger partial charge >= 0.3 is 6.18 Å². The molecule has 0 spiro atoms. The van der Waals surface area contributed by atoms with E-state index >= 15 is 0 Å². The second-order valence-electron chi connectivity index (χ2n) is 4.67. The second kappa shape index (κ2) is 5.58. The highest BCUT2D eigenvalue weighted by Gasteiger charge is 2.33. The van der Waals surface area contributed by atoms with Gasteiger partial charge in [-0.05, 0) is 19.1 Å². The molecule has 1 N–H and O–H groups in total. The fourth-order valence-corrected chi connectivity index (χ4v) is 2.79. The Morgan fingerprint density at radius 2 is 2.00 bits per heavy atom. The van der Waals surface area contributed by atoms with Crippen molar-refractivity contribution in [2.24, 2.45) is 0 Å². The van der Waals surface area contributed by atoms with E-state index in [1.54, 1.807) is 6.92 Å². The lowest BCUT2D eigenvalue weighted by Gasteiger charge is -2.06. The van der Waals surface area contributed by atoms with E-state index < -0.39 is 17.6 Å². The zero-order chi connectivity index (χ0) is 16.6. The first-order valence-corrected chi connectivity index (χ1v) is 7.23. The van der Waals surface area contributed by atoms with Crippen LogP contribution in [0.5, 0.6) is 0 Å². The number of halogens is 3. The molecular formula is C14H9F3N4OS. The van der Waals surface area contributed by atoms with Gasteiger partial charge in [0.1, 0.15) is 5.69 Å². The van der Waals surface area contributed by atoms with Crippen LogP contribution < -0.4 is 5.32 Å². The second-order valence-corrected chi connectivity index (χ2v) is 5.70. The molecule has 0 saturated heterocycles. The van der Waals surface area contributed by atoms with Crippen LogP contribution in [0, 0.1) is 6.92 Å². The Hall–Kier alpha value is -2.55. The Morgan fingerprint density at radius 3 is 2.65 bits per heavy atom. The smallest absolute Gasteiger partial charge is 0.296 e. The van der Waals surface area contributed by atoms with Gasteiger partial charge in [-0.2, -0.15) is 13.2 Å². The van der Waals surface area contributed by atoms with Crippen LogP contribution in [0.3, 0.4) is 0 Å². The number of fused-ring (bicyclic) bond motifs is 1. The van der Waals surface area contributed by atoms with Crippen molar-refractivity contribution in [2.45, 2.75) is 13.1 Å². The third-order valence-electron chi connectivity index (χ3n) is 2.96. The van der Waals surface area contributed by atoms with Crippen LogP contribution in [0.25, 0.3) is 10.2 Å². The van der Waals surface area contributed by atoms with Crippen LogP contribution in [-0.4, -0.2) is 20.9 Å². The minimum Gasteiger partial charge on any atom is -0.296 e. The summed E-state index contributed by atoms with van der Waals surface area (Å²) in [7, 11) is 0. The van der Waals surface area contributed by atoms with Gasteiger partial charge in [-0.1, -0.05) is 17.4 Å². The standard InChI is InChI=1S/C14H9F3N4OS/c1-7-5-19-9(6-18-7)12(22)21-13-20-11-8(14(15,16)17)3-2-4-10(11)23-13/h2-6H,1H3,(H,20,21,22). The number of nitrogens with one attached hydrogen (secondary N) is 1. The molecule has 0 radical (unpaired) electrons. The van der Waals surface area contributed by atoms with E-state index in [-0.39, 0.29) is 16.3 Å². The number of carbonyl (C=O) groups excluding carboxylic acids is 1. The highest BCUT2D eigenvalue weighted by Crippen LogP contribution is 2.37. The highest BCUT2D eigenvalue weighted by molar-refractivity contribution is 7.22. The molecule has 3 aromatic rings. The molecule has 0 aliphatic carbocycles. The normalized spacial score (nSPS) is 11.7. The van der Waals surface area contributed by atoms with Gasteiger partial charge in [0.2, 0.25) is 0 Å². The summed E-state index contributed by atoms with van der Waals surface area (Å²) in [6.45, 7) is 1.72. The van der Waals surface area contributed by atoms with E-state index in [4.69, 9.17) is 0 Å². The van der Waals surface area contributed by atoms with E-state index in [2.05, 4.69) is 20.3 Å². The molecule has 1 amide bonds. The van der Waals surface area contributed by atoms with Gasteiger partial charge in [-0.3, -0.25) is 15.1 Å². The van der Waals surface area contributed by atoms with E-state index in [0.717, 1.165) is 17.4 Å². The number of anilines is 1. The summed E-state index contributed by atoms with van der Waals surface area (Å²) in [6.07, 6.45) is -1.79. The van der Waals surface area contributed by atoms with E-state index in [1.165, 1.54) is 24.5 Å². The topological polar surface area (TPSA) is 67.8 Å². The van der Waals surface area contributed by atoms with Gasteiger partial charge in [0.05, 0.1) is 27.7 Å². The Kier molecular flexibility index (Phi) is 3.72. The lowest BCUT2D eigenvalue weighted by atomic mass is 10.2. The molecule has 0 saturated carbocycles. The first-order valence-electron chi connectivity index (χ1n) is 6.41. The maximum Gasteiger partial charge on any atom is 0.418 e. The Balaban J connectivity index is 1.92. The summed E-state index contributed by atoms with van der Waals surface area (Å²) in [6, 6.07) is 3.78. The molecule has 0 fully saturated rings. The van der Waals surface area contributed by atoms with Crippen LogP contribution in [-0.2, 0) is 6.18 Å². The van der Waals surface area contributed by atoms with Crippen LogP contribution >= 0.6 is 11.3 Å². The quantitative estimate of drug-likeness (QED) is 0.774. The summed E-state index contributed by atoms with van der Waals surface area (Å²) < 4.78 is 39.2. The lowest BCUT2D eigenvalue weighted by Crippen LogP contribution is -2.14. The van der Waals surface area contributed by atoms with Crippen molar-refractivity contribution in [3.8, 4) is 0 Å². The fourth-order valence-electron chi connectivity index (χ4n) is 1.90. The van der Waals surface area contributed by atoms with Crippen molar-refractivity contribution in [1.82, 2.24) is 15.0 Å². The number of thiazole rings is 1. The van der Waals surface area contributed by atoms with Crippen LogP contribution in [0.4, 0.5) is 18.3 Å². The fraction of sp³-hybridized carbons (Fsp3) is 0.143. The molecule has 0 aliphatic heterocycles. The Labute approximate surface area is 132 Å². The average molecular weight is 338 g/mol. The van der Waals surface area contributed by atoms with E-state index in [0.29, 0.717) is 10.4 Å². The van der Waals surface area contributed by atoms with Crippen molar-refractivity contribution in [2.75, 3.05) is 5.32 Å². The molecule has 1 aromatic carbocycles. The molecule has 0 bridgehead atoms. The summed E-state index contributed by atoms with van der Waals surface area (Å²) >= 11 is 0.962. The Morgan fingerprint density at radius 1 is 1.22 bits per heavy atom. The van der Waals surface area contributed by atoms with Crippen LogP contribution in [0.15, 0.2) is 30.6 Å². The zero-order valence-electron chi connectivity index (χ0n) is 11.7. The molecule has 5 nitrogen and oxygen atoms in total. The largest absolute Gasteiger partial charge is 0.418 e. The lowest BCUT2D eigenvalue weighted by molar-refractivity contribution is -0.136. The molecule has 23 heavy (non-hydrogen) atoms. The van der Waals surface area contributed by atoms with Crippen LogP contribution in [0.2, 0.25) is 0 Å². The van der Waals surface area contributed by atoms with Gasteiger partial charge in [0, 0.05) is 6.20 Å². The maximum absolute atomic E-state index is 13.0. The summed E-state index contributed by atoms with van der Waals surface area (Å²) in [5.41, 5.74) is -0.306. The van der Waals surface area contributed by atoms with Crippen molar-refractivity contribution in [1.29, 1.82) is 0 Å². The highest BCUT2D eigenvalue weighted by atomic mass is 32.1. The molecule has 0 aliphatic rings. The number of aryl methyl sites for hydroxylation is 1. The van der Waals surface area contributed by atoms with E-state index in [1.807, 2.05) is 0 Å². The third-order valence-corrected chi connectivity index (χ3v) is 3.89. The summed E-state index contributed by atoms with van der Waals surface area (Å²) in [5, 5.41) is 2.52. The number of para-hydroxylation sites is 1. The molecule has 2 heterocycles. The number of aromatic nitrogens is 3. The van der Waals surface area contributed by atoms with E-state index in [9.17, 15) is 18.0 Å². The minimum absolute atomic E-state index is 0.0610. The van der Waals surface area contributed by atoms with Gasteiger partial charge in [0.25, 0.3) is 5.91 Å². The molecule has 118 valence electrons. The molecular weight excluding hydrogens is 329 g/mol. The van der Waals surface area contributed by atoms with Crippen molar-refractivity contribution < 1.29 is 18.0 Å². The number of carbonyl (C=O) groups is 1. The average Bonchev–Trinajstić information content (AvgIpc) is 2.88. The number of nitrogens with zero attached hydrogens (tertiary/aromatic N) is 3. The number of rotatable bonds is 2. The van der Waals surface area contributed by atoms with Crippen LogP contribution in [0.1, 0.15) is 21.7 Å². The van der Waals surface area contributed by atoms with Gasteiger partial charge in [-0.15, -0.1) is 0 Å². The number of benzene rings is 1. The van der Waals surface area contributed by atoms with Crippen molar-refractivity contribution >= 4 is 32.6 Å². The third kappa shape index (κ3) is 3.14. The van der Waals surface area contributed by atoms with Gasteiger partial charge < -0.3 is 0 Å². The molecule has 0 unspecified atom stereocenters. The molecule has 3 rings (SSSR count). The first-order chi connectivity index (χ1) is 10.8. The van der Waals surface area contributed by atoms with Crippen molar-refractivity contribution in [3.63, 3.8) is 0 Å². The molecule has 0 atom stereocenters. The molecule has 2 aromatic heterocycles. The van der Waals surface area contributed by atoms with Gasteiger partial charge in [-0.25, -0.2) is 9.97 Å². The minimum atomic E-state index is -4.50. The predicted molar refractivity (Wildman–Crippen MR) is 79.3 cm³/mol. The van der Waals surface area contributed by atoms with Gasteiger partial charge in [0.15, 0.2) is 5.13 Å². The Bertz CT molecular complexity index is 874. The summed E-state index contributed by atoms with van der Waals surface area (Å²) in [5.74, 6) is -0.579. The first kappa shape index (κ1) is 15.3. The monoisotopic (exact) mass is 338 g/mol. The summed E-state index contributed by atoms with van der Waals surface area (Å²) in [4.78, 5) is 23.7. The molecule has 9 heteroatoms. The predicted octanol–water partition coefficient (Wildman–Crippen LogP) is 3.67.